The molecule has 3 heterocycles. The molecule has 1 aromatic heterocycles. The zero-order valence-electron chi connectivity index (χ0n) is 17.1. The van der Waals surface area contributed by atoms with Crippen LogP contribution in [0.3, 0.4) is 0 Å². The molecule has 1 aromatic carbocycles. The Balaban J connectivity index is 1.58. The van der Waals surface area contributed by atoms with E-state index in [1.54, 1.807) is 18.3 Å². The van der Waals surface area contributed by atoms with E-state index in [9.17, 15) is 0 Å². The van der Waals surface area contributed by atoms with Crippen molar-refractivity contribution in [3.8, 4) is 5.75 Å². The number of hydrazone groups is 1. The van der Waals surface area contributed by atoms with E-state index in [2.05, 4.69) is 35.3 Å². The van der Waals surface area contributed by atoms with Crippen LogP contribution in [-0.2, 0) is 9.47 Å². The van der Waals surface area contributed by atoms with Crippen molar-refractivity contribution in [2.75, 3.05) is 74.9 Å². The van der Waals surface area contributed by atoms with Gasteiger partial charge in [-0.1, -0.05) is 23.2 Å². The number of aromatic nitrogens is 3. The first-order valence-corrected chi connectivity index (χ1v) is 10.6. The molecule has 2 aliphatic heterocycles. The second kappa shape index (κ2) is 10.3. The Bertz CT molecular complexity index is 899. The predicted octanol–water partition coefficient (Wildman–Crippen LogP) is 2.31. The third-order valence-corrected chi connectivity index (χ3v) is 5.31. The molecule has 1 N–H and O–H groups in total. The van der Waals surface area contributed by atoms with Crippen LogP contribution in [0.4, 0.5) is 17.8 Å². The van der Waals surface area contributed by atoms with Gasteiger partial charge in [-0.25, -0.2) is 5.43 Å². The summed E-state index contributed by atoms with van der Waals surface area (Å²) in [6, 6.07) is 3.32. The Morgan fingerprint density at radius 2 is 1.55 bits per heavy atom. The van der Waals surface area contributed by atoms with Gasteiger partial charge in [-0.2, -0.15) is 20.1 Å². The molecule has 0 saturated carbocycles. The van der Waals surface area contributed by atoms with Gasteiger partial charge in [0.1, 0.15) is 5.75 Å². The molecule has 2 aliphatic rings. The minimum atomic E-state index is 0.335. The Morgan fingerprint density at radius 1 is 0.968 bits per heavy atom. The van der Waals surface area contributed by atoms with Crippen molar-refractivity contribution in [1.82, 2.24) is 15.0 Å². The highest BCUT2D eigenvalue weighted by Crippen LogP contribution is 2.31. The quantitative estimate of drug-likeness (QED) is 0.506. The van der Waals surface area contributed by atoms with Gasteiger partial charge in [-0.3, -0.25) is 0 Å². The molecule has 31 heavy (non-hydrogen) atoms. The maximum Gasteiger partial charge on any atom is 0.250 e. The molecule has 2 aromatic rings. The van der Waals surface area contributed by atoms with Crippen LogP contribution in [0.1, 0.15) is 5.56 Å². The van der Waals surface area contributed by atoms with Crippen molar-refractivity contribution < 1.29 is 14.2 Å². The lowest BCUT2D eigenvalue weighted by atomic mass is 10.2. The van der Waals surface area contributed by atoms with Crippen LogP contribution < -0.4 is 20.0 Å². The molecule has 4 rings (SSSR count). The van der Waals surface area contributed by atoms with E-state index in [4.69, 9.17) is 37.4 Å². The Morgan fingerprint density at radius 3 is 2.10 bits per heavy atom. The minimum absolute atomic E-state index is 0.335. The number of morpholine rings is 2. The van der Waals surface area contributed by atoms with Crippen molar-refractivity contribution >= 4 is 47.3 Å². The topological polar surface area (TPSA) is 97.2 Å². The number of methoxy groups -OCH3 is 1. The van der Waals surface area contributed by atoms with Gasteiger partial charge < -0.3 is 24.0 Å². The van der Waals surface area contributed by atoms with E-state index < -0.39 is 0 Å². The first-order valence-electron chi connectivity index (χ1n) is 9.87. The monoisotopic (exact) mass is 467 g/mol. The third kappa shape index (κ3) is 5.45. The van der Waals surface area contributed by atoms with Crippen LogP contribution in [0, 0.1) is 0 Å². The molecule has 0 atom stereocenters. The van der Waals surface area contributed by atoms with Crippen LogP contribution in [0.5, 0.6) is 5.75 Å². The summed E-state index contributed by atoms with van der Waals surface area (Å²) >= 11 is 12.3. The molecule has 0 amide bonds. The summed E-state index contributed by atoms with van der Waals surface area (Å²) < 4.78 is 16.2. The highest BCUT2D eigenvalue weighted by atomic mass is 35.5. The molecule has 0 bridgehead atoms. The average Bonchev–Trinajstić information content (AvgIpc) is 2.80. The number of halogens is 2. The lowest BCUT2D eigenvalue weighted by Gasteiger charge is -2.30. The smallest absolute Gasteiger partial charge is 0.250 e. The molecular weight excluding hydrogens is 445 g/mol. The molecule has 12 heteroatoms. The summed E-state index contributed by atoms with van der Waals surface area (Å²) in [6.45, 7) is 5.40. The normalized spacial score (nSPS) is 17.3. The van der Waals surface area contributed by atoms with Crippen molar-refractivity contribution in [3.63, 3.8) is 0 Å². The maximum atomic E-state index is 6.19. The number of anilines is 3. The van der Waals surface area contributed by atoms with E-state index in [1.165, 1.54) is 7.11 Å². The van der Waals surface area contributed by atoms with Gasteiger partial charge in [0.2, 0.25) is 17.8 Å². The van der Waals surface area contributed by atoms with Crippen LogP contribution in [0.15, 0.2) is 17.2 Å². The molecular formula is C19H23Cl2N7O3. The first-order chi connectivity index (χ1) is 15.1. The van der Waals surface area contributed by atoms with Gasteiger partial charge in [-0.05, 0) is 12.1 Å². The number of hydrogen-bond acceptors (Lipinski definition) is 10. The van der Waals surface area contributed by atoms with Gasteiger partial charge in [0.05, 0.1) is 44.8 Å². The zero-order chi connectivity index (χ0) is 21.6. The van der Waals surface area contributed by atoms with Gasteiger partial charge in [-0.15, -0.1) is 0 Å². The zero-order valence-corrected chi connectivity index (χ0v) is 18.6. The molecule has 2 saturated heterocycles. The summed E-state index contributed by atoms with van der Waals surface area (Å²) in [7, 11) is 1.54. The van der Waals surface area contributed by atoms with Gasteiger partial charge >= 0.3 is 0 Å². The Kier molecular flexibility index (Phi) is 7.23. The maximum absolute atomic E-state index is 6.19. The molecule has 0 unspecified atom stereocenters. The largest absolute Gasteiger partial charge is 0.495 e. The summed E-state index contributed by atoms with van der Waals surface area (Å²) in [5.74, 6) is 1.98. The van der Waals surface area contributed by atoms with Gasteiger partial charge in [0, 0.05) is 36.8 Å². The summed E-state index contributed by atoms with van der Waals surface area (Å²) in [5.41, 5.74) is 3.52. The number of nitrogens with one attached hydrogen (secondary N) is 1. The van der Waals surface area contributed by atoms with Crippen LogP contribution in [0.25, 0.3) is 0 Å². The lowest BCUT2D eigenvalue weighted by molar-refractivity contribution is 0.121. The fourth-order valence-corrected chi connectivity index (χ4v) is 3.85. The summed E-state index contributed by atoms with van der Waals surface area (Å²) in [4.78, 5) is 17.9. The van der Waals surface area contributed by atoms with E-state index in [0.717, 1.165) is 0 Å². The van der Waals surface area contributed by atoms with Crippen molar-refractivity contribution in [3.05, 3.63) is 27.7 Å². The number of ether oxygens (including phenoxy) is 3. The van der Waals surface area contributed by atoms with E-state index in [1.807, 2.05) is 0 Å². The van der Waals surface area contributed by atoms with Crippen LogP contribution in [0.2, 0.25) is 10.0 Å². The second-order valence-corrected chi connectivity index (χ2v) is 7.68. The fourth-order valence-electron chi connectivity index (χ4n) is 3.26. The molecule has 0 spiro atoms. The van der Waals surface area contributed by atoms with E-state index in [-0.39, 0.29) is 0 Å². The lowest BCUT2D eigenvalue weighted by Crippen LogP contribution is -2.40. The van der Waals surface area contributed by atoms with Gasteiger partial charge in [0.25, 0.3) is 0 Å². The third-order valence-electron chi connectivity index (χ3n) is 4.81. The number of rotatable bonds is 6. The second-order valence-electron chi connectivity index (χ2n) is 6.84. The highest BCUT2D eigenvalue weighted by molar-refractivity contribution is 6.36. The summed E-state index contributed by atoms with van der Waals surface area (Å²) in [5, 5.41) is 5.15. The van der Waals surface area contributed by atoms with Crippen LogP contribution >= 0.6 is 23.2 Å². The fraction of sp³-hybridized carbons (Fsp3) is 0.474. The number of benzene rings is 1. The Labute approximate surface area is 190 Å². The molecule has 0 aliphatic carbocycles. The number of nitrogens with zero attached hydrogens (tertiary/aromatic N) is 6. The predicted molar refractivity (Wildman–Crippen MR) is 120 cm³/mol. The molecule has 10 nitrogen and oxygen atoms in total. The Hall–Kier alpha value is -2.40. The number of hydrogen-bond donors (Lipinski definition) is 1. The van der Waals surface area contributed by atoms with Crippen LogP contribution in [-0.4, -0.2) is 80.9 Å². The first kappa shape index (κ1) is 21.8. The van der Waals surface area contributed by atoms with Crippen molar-refractivity contribution in [1.29, 1.82) is 0 Å². The van der Waals surface area contributed by atoms with E-state index >= 15 is 0 Å². The minimum Gasteiger partial charge on any atom is -0.495 e. The summed E-state index contributed by atoms with van der Waals surface area (Å²) in [6.07, 6.45) is 1.56. The average molecular weight is 468 g/mol. The molecule has 0 radical (unpaired) electrons. The van der Waals surface area contributed by atoms with E-state index in [0.29, 0.717) is 91.8 Å². The van der Waals surface area contributed by atoms with Gasteiger partial charge in [0.15, 0.2) is 0 Å². The standard InChI is InChI=1S/C19H23Cl2N7O3/c1-29-16-13(10-14(20)11-15(16)21)12-22-26-17-23-18(27-2-6-30-7-3-27)25-19(24-17)28-4-8-31-9-5-28/h10-12H,2-9H2,1H3,(H,23,24,25,26)/b22-12+. The SMILES string of the molecule is COc1c(Cl)cc(Cl)cc1/C=N/Nc1nc(N2CCOCC2)nc(N2CCOCC2)n1. The highest BCUT2D eigenvalue weighted by Gasteiger charge is 2.20. The molecule has 166 valence electrons. The van der Waals surface area contributed by atoms with Crippen molar-refractivity contribution in [2.45, 2.75) is 0 Å². The van der Waals surface area contributed by atoms with Crippen molar-refractivity contribution in [2.24, 2.45) is 5.10 Å². The molecule has 2 fully saturated rings.